The highest BCUT2D eigenvalue weighted by atomic mass is 35.5. The van der Waals surface area contributed by atoms with Crippen molar-refractivity contribution in [2.45, 2.75) is 27.0 Å². The maximum Gasteiger partial charge on any atom is 0.326 e. The second kappa shape index (κ2) is 6.88. The largest absolute Gasteiger partial charge is 0.456 e. The van der Waals surface area contributed by atoms with E-state index >= 15 is 0 Å². The first-order chi connectivity index (χ1) is 11.5. The summed E-state index contributed by atoms with van der Waals surface area (Å²) in [5.41, 5.74) is 2.65. The number of aryl methyl sites for hydroxylation is 2. The number of nitrogens with zero attached hydrogens (tertiary/aromatic N) is 3. The van der Waals surface area contributed by atoms with E-state index in [-0.39, 0.29) is 19.1 Å². The molecule has 124 valence electrons. The van der Waals surface area contributed by atoms with Gasteiger partial charge in [-0.15, -0.1) is 0 Å². The van der Waals surface area contributed by atoms with Crippen molar-refractivity contribution in [1.82, 2.24) is 14.7 Å². The molecule has 3 aromatic rings. The van der Waals surface area contributed by atoms with E-state index in [9.17, 15) is 4.79 Å². The quantitative estimate of drug-likeness (QED) is 0.661. The van der Waals surface area contributed by atoms with Crippen LogP contribution < -0.4 is 0 Å². The average Bonchev–Trinajstić information content (AvgIpc) is 3.15. The number of hydrogen-bond acceptors (Lipinski definition) is 5. The van der Waals surface area contributed by atoms with Gasteiger partial charge >= 0.3 is 5.97 Å². The summed E-state index contributed by atoms with van der Waals surface area (Å²) in [4.78, 5) is 16.2. The molecule has 0 spiro atoms. The Morgan fingerprint density at radius 1 is 1.21 bits per heavy atom. The molecule has 0 amide bonds. The predicted octanol–water partition coefficient (Wildman–Crippen LogP) is 3.55. The molecule has 3 rings (SSSR count). The third-order valence-electron chi connectivity index (χ3n) is 3.64. The van der Waals surface area contributed by atoms with Crippen LogP contribution in [-0.2, 0) is 22.7 Å². The van der Waals surface area contributed by atoms with Crippen LogP contribution in [0.25, 0.3) is 11.5 Å². The van der Waals surface area contributed by atoms with Crippen molar-refractivity contribution in [1.29, 1.82) is 0 Å². The Bertz CT molecular complexity index is 850. The van der Waals surface area contributed by atoms with Gasteiger partial charge in [0.15, 0.2) is 6.61 Å². The molecular weight excluding hydrogens is 330 g/mol. The van der Waals surface area contributed by atoms with Gasteiger partial charge in [-0.05, 0) is 38.1 Å². The minimum atomic E-state index is -0.360. The number of esters is 1. The zero-order chi connectivity index (χ0) is 17.1. The third-order valence-corrected chi connectivity index (χ3v) is 3.97. The number of carbonyl (C=O) groups is 1. The van der Waals surface area contributed by atoms with Crippen LogP contribution in [0.5, 0.6) is 0 Å². The van der Waals surface area contributed by atoms with E-state index in [1.165, 1.54) is 0 Å². The first kappa shape index (κ1) is 16.3. The molecule has 6 nitrogen and oxygen atoms in total. The lowest BCUT2D eigenvalue weighted by molar-refractivity contribution is -0.146. The number of benzene rings is 1. The maximum absolute atomic E-state index is 12.0. The van der Waals surface area contributed by atoms with Crippen molar-refractivity contribution in [2.24, 2.45) is 0 Å². The number of rotatable bonds is 5. The van der Waals surface area contributed by atoms with Crippen LogP contribution in [0, 0.1) is 13.8 Å². The van der Waals surface area contributed by atoms with E-state index in [0.29, 0.717) is 22.3 Å². The van der Waals surface area contributed by atoms with E-state index in [4.69, 9.17) is 20.9 Å². The van der Waals surface area contributed by atoms with Gasteiger partial charge in [0.25, 0.3) is 5.89 Å². The summed E-state index contributed by atoms with van der Waals surface area (Å²) in [6.45, 7) is 3.98. The number of halogens is 1. The summed E-state index contributed by atoms with van der Waals surface area (Å²) in [6.07, 6.45) is 0. The Kier molecular flexibility index (Phi) is 4.66. The zero-order valence-corrected chi connectivity index (χ0v) is 14.1. The van der Waals surface area contributed by atoms with Gasteiger partial charge in [-0.2, -0.15) is 4.98 Å². The Morgan fingerprint density at radius 3 is 2.62 bits per heavy atom. The highest BCUT2D eigenvalue weighted by Gasteiger charge is 2.14. The fourth-order valence-corrected chi connectivity index (χ4v) is 2.54. The predicted molar refractivity (Wildman–Crippen MR) is 88.4 cm³/mol. The van der Waals surface area contributed by atoms with Gasteiger partial charge < -0.3 is 13.8 Å². The first-order valence-corrected chi connectivity index (χ1v) is 7.78. The molecule has 0 atom stereocenters. The third kappa shape index (κ3) is 3.49. The lowest BCUT2D eigenvalue weighted by Gasteiger charge is -2.08. The van der Waals surface area contributed by atoms with Gasteiger partial charge in [0.2, 0.25) is 5.82 Å². The number of ether oxygens (including phenoxy) is 1. The molecule has 1 aromatic carbocycles. The normalized spacial score (nSPS) is 10.8. The van der Waals surface area contributed by atoms with E-state index in [1.54, 1.807) is 12.1 Å². The fourth-order valence-electron chi connectivity index (χ4n) is 2.33. The average molecular weight is 346 g/mol. The fraction of sp³-hybridized carbons (Fsp3) is 0.235. The number of carbonyl (C=O) groups excluding carboxylic acids is 1. The van der Waals surface area contributed by atoms with Crippen LogP contribution in [-0.4, -0.2) is 20.7 Å². The Labute approximate surface area is 144 Å². The van der Waals surface area contributed by atoms with E-state index in [2.05, 4.69) is 10.1 Å². The monoisotopic (exact) mass is 345 g/mol. The summed E-state index contributed by atoms with van der Waals surface area (Å²) in [5.74, 6) is 0.226. The minimum absolute atomic E-state index is 0.0495. The van der Waals surface area contributed by atoms with Crippen molar-refractivity contribution in [3.8, 4) is 11.5 Å². The van der Waals surface area contributed by atoms with Gasteiger partial charge in [-0.1, -0.05) is 28.9 Å². The number of aromatic nitrogens is 3. The van der Waals surface area contributed by atoms with Crippen molar-refractivity contribution in [3.05, 3.63) is 58.6 Å². The van der Waals surface area contributed by atoms with Gasteiger partial charge in [-0.25, -0.2) is 0 Å². The SMILES string of the molecule is Cc1ccc(C)n1CC(=O)OCc1noc(-c2ccccc2Cl)n1. The lowest BCUT2D eigenvalue weighted by atomic mass is 10.2. The Morgan fingerprint density at radius 2 is 1.92 bits per heavy atom. The van der Waals surface area contributed by atoms with E-state index in [0.717, 1.165) is 11.4 Å². The molecule has 0 unspecified atom stereocenters. The Hall–Kier alpha value is -2.60. The van der Waals surface area contributed by atoms with Crippen LogP contribution in [0.3, 0.4) is 0 Å². The van der Waals surface area contributed by atoms with Gasteiger partial charge in [0.1, 0.15) is 6.54 Å². The molecule has 2 heterocycles. The molecule has 0 aliphatic carbocycles. The summed E-state index contributed by atoms with van der Waals surface area (Å²) >= 11 is 6.09. The second-order valence-electron chi connectivity index (χ2n) is 5.36. The maximum atomic E-state index is 12.0. The van der Waals surface area contributed by atoms with Crippen LogP contribution in [0.15, 0.2) is 40.9 Å². The molecular formula is C17H16ClN3O3. The lowest BCUT2D eigenvalue weighted by Crippen LogP contribution is -2.15. The smallest absolute Gasteiger partial charge is 0.326 e. The summed E-state index contributed by atoms with van der Waals surface area (Å²) in [7, 11) is 0. The zero-order valence-electron chi connectivity index (χ0n) is 13.3. The van der Waals surface area contributed by atoms with Gasteiger partial charge in [0, 0.05) is 11.4 Å². The van der Waals surface area contributed by atoms with Crippen molar-refractivity contribution >= 4 is 17.6 Å². The Balaban J connectivity index is 1.62. The molecule has 0 aliphatic rings. The molecule has 0 N–H and O–H groups in total. The highest BCUT2D eigenvalue weighted by molar-refractivity contribution is 6.33. The van der Waals surface area contributed by atoms with Crippen LogP contribution in [0.1, 0.15) is 17.2 Å². The van der Waals surface area contributed by atoms with Crippen LogP contribution in [0.2, 0.25) is 5.02 Å². The van der Waals surface area contributed by atoms with E-state index in [1.807, 2.05) is 42.7 Å². The van der Waals surface area contributed by atoms with Crippen molar-refractivity contribution in [3.63, 3.8) is 0 Å². The van der Waals surface area contributed by atoms with Crippen LogP contribution >= 0.6 is 11.6 Å². The molecule has 0 fully saturated rings. The first-order valence-electron chi connectivity index (χ1n) is 7.40. The van der Waals surface area contributed by atoms with Crippen molar-refractivity contribution in [2.75, 3.05) is 0 Å². The molecule has 0 radical (unpaired) electrons. The van der Waals surface area contributed by atoms with Gasteiger partial charge in [-0.3, -0.25) is 4.79 Å². The molecule has 7 heteroatoms. The van der Waals surface area contributed by atoms with Gasteiger partial charge in [0.05, 0.1) is 10.6 Å². The summed E-state index contributed by atoms with van der Waals surface area (Å²) in [6, 6.07) is 11.1. The molecule has 0 saturated heterocycles. The topological polar surface area (TPSA) is 70.2 Å². The second-order valence-corrected chi connectivity index (χ2v) is 5.77. The molecule has 0 bridgehead atoms. The molecule has 2 aromatic heterocycles. The summed E-state index contributed by atoms with van der Waals surface area (Å²) in [5, 5.41) is 4.33. The standard InChI is InChI=1S/C17H16ClN3O3/c1-11-7-8-12(2)21(11)9-16(22)23-10-15-19-17(24-20-15)13-5-3-4-6-14(13)18/h3-8H,9-10H2,1-2H3. The summed E-state index contributed by atoms with van der Waals surface area (Å²) < 4.78 is 12.3. The van der Waals surface area contributed by atoms with Crippen LogP contribution in [0.4, 0.5) is 0 Å². The molecule has 24 heavy (non-hydrogen) atoms. The van der Waals surface area contributed by atoms with Crippen molar-refractivity contribution < 1.29 is 14.1 Å². The molecule has 0 saturated carbocycles. The number of hydrogen-bond donors (Lipinski definition) is 0. The molecule has 0 aliphatic heterocycles. The minimum Gasteiger partial charge on any atom is -0.456 e. The highest BCUT2D eigenvalue weighted by Crippen LogP contribution is 2.25. The van der Waals surface area contributed by atoms with E-state index < -0.39 is 0 Å².